The molecule has 2 heterocycles. The first-order valence-electron chi connectivity index (χ1n) is 4.79. The van der Waals surface area contributed by atoms with E-state index in [2.05, 4.69) is 25.7 Å². The van der Waals surface area contributed by atoms with E-state index in [9.17, 15) is 4.79 Å². The number of amides is 1. The van der Waals surface area contributed by atoms with Crippen molar-refractivity contribution < 1.29 is 4.79 Å². The Morgan fingerprint density at radius 3 is 2.71 bits per heavy atom. The van der Waals surface area contributed by atoms with E-state index >= 15 is 0 Å². The van der Waals surface area contributed by atoms with Crippen LogP contribution in [-0.2, 0) is 0 Å². The molecular formula is C10H10N6O. The zero-order valence-electron chi connectivity index (χ0n) is 8.79. The topological polar surface area (TPSA) is 106 Å². The molecule has 0 aromatic carbocycles. The summed E-state index contributed by atoms with van der Waals surface area (Å²) in [5, 5.41) is 2.60. The highest BCUT2D eigenvalue weighted by atomic mass is 16.1. The molecule has 0 radical (unpaired) electrons. The van der Waals surface area contributed by atoms with Gasteiger partial charge in [-0.25, -0.2) is 15.8 Å². The third-order valence-corrected chi connectivity index (χ3v) is 1.97. The summed E-state index contributed by atoms with van der Waals surface area (Å²) >= 11 is 0. The summed E-state index contributed by atoms with van der Waals surface area (Å²) in [6.07, 6.45) is 5.97. The summed E-state index contributed by atoms with van der Waals surface area (Å²) in [4.78, 5) is 23.5. The lowest BCUT2D eigenvalue weighted by molar-refractivity contribution is 0.102. The number of aromatic nitrogens is 3. The molecule has 0 unspecified atom stereocenters. The number of nitrogens with one attached hydrogen (secondary N) is 2. The van der Waals surface area contributed by atoms with E-state index in [1.165, 1.54) is 30.9 Å². The molecule has 2 aromatic heterocycles. The Hall–Kier alpha value is -2.54. The minimum absolute atomic E-state index is 0.301. The summed E-state index contributed by atoms with van der Waals surface area (Å²) in [6.45, 7) is 0. The van der Waals surface area contributed by atoms with Gasteiger partial charge in [0.05, 0.1) is 6.20 Å². The fraction of sp³-hybridized carbons (Fsp3) is 0. The molecule has 17 heavy (non-hydrogen) atoms. The van der Waals surface area contributed by atoms with Crippen LogP contribution < -0.4 is 16.6 Å². The van der Waals surface area contributed by atoms with Crippen LogP contribution in [0, 0.1) is 0 Å². The molecular weight excluding hydrogens is 220 g/mol. The highest BCUT2D eigenvalue weighted by molar-refractivity contribution is 6.04. The first kappa shape index (κ1) is 11.0. The number of carbonyl (C=O) groups excluding carboxylic acids is 1. The molecule has 0 aliphatic heterocycles. The maximum Gasteiger partial charge on any atom is 0.257 e. The predicted molar refractivity (Wildman–Crippen MR) is 62.0 cm³/mol. The molecule has 7 nitrogen and oxygen atoms in total. The smallest absolute Gasteiger partial charge is 0.257 e. The Labute approximate surface area is 97.1 Å². The van der Waals surface area contributed by atoms with Gasteiger partial charge in [-0.1, -0.05) is 0 Å². The van der Waals surface area contributed by atoms with E-state index in [0.717, 1.165) is 0 Å². The van der Waals surface area contributed by atoms with Gasteiger partial charge in [0, 0.05) is 24.2 Å². The van der Waals surface area contributed by atoms with Crippen molar-refractivity contribution in [2.75, 3.05) is 10.7 Å². The number of rotatable bonds is 3. The van der Waals surface area contributed by atoms with Crippen molar-refractivity contribution in [3.63, 3.8) is 0 Å². The van der Waals surface area contributed by atoms with Crippen molar-refractivity contribution in [1.29, 1.82) is 0 Å². The maximum atomic E-state index is 11.8. The lowest BCUT2D eigenvalue weighted by Gasteiger charge is -2.04. The van der Waals surface area contributed by atoms with Gasteiger partial charge in [0.25, 0.3) is 5.91 Å². The average molecular weight is 230 g/mol. The van der Waals surface area contributed by atoms with Gasteiger partial charge in [-0.05, 0) is 12.1 Å². The Kier molecular flexibility index (Phi) is 3.22. The molecule has 0 saturated heterocycles. The highest BCUT2D eigenvalue weighted by Gasteiger charge is 2.07. The van der Waals surface area contributed by atoms with Gasteiger partial charge in [0.15, 0.2) is 5.82 Å². The standard InChI is InChI=1S/C10H10N6O/c11-16-8-5-7(1-2-13-8)10(17)15-9-6-12-3-4-14-9/h1-6H,11H2,(H,13,16)(H,14,15,17). The van der Waals surface area contributed by atoms with Crippen molar-refractivity contribution in [3.8, 4) is 0 Å². The lowest BCUT2D eigenvalue weighted by Crippen LogP contribution is -2.15. The van der Waals surface area contributed by atoms with Gasteiger partial charge >= 0.3 is 0 Å². The van der Waals surface area contributed by atoms with Crippen LogP contribution >= 0.6 is 0 Å². The molecule has 2 rings (SSSR count). The number of nitrogens with zero attached hydrogens (tertiary/aromatic N) is 3. The van der Waals surface area contributed by atoms with Crippen molar-refractivity contribution >= 4 is 17.5 Å². The lowest BCUT2D eigenvalue weighted by atomic mass is 10.2. The summed E-state index contributed by atoms with van der Waals surface area (Å²) < 4.78 is 0. The number of hydrazine groups is 1. The molecule has 0 aliphatic rings. The largest absolute Gasteiger partial charge is 0.308 e. The van der Waals surface area contributed by atoms with E-state index in [-0.39, 0.29) is 5.91 Å². The van der Waals surface area contributed by atoms with Crippen LogP contribution in [0.5, 0.6) is 0 Å². The fourth-order valence-corrected chi connectivity index (χ4v) is 1.20. The van der Waals surface area contributed by atoms with Crippen LogP contribution in [0.4, 0.5) is 11.6 Å². The van der Waals surface area contributed by atoms with Crippen LogP contribution in [0.25, 0.3) is 0 Å². The molecule has 86 valence electrons. The highest BCUT2D eigenvalue weighted by Crippen LogP contribution is 2.07. The van der Waals surface area contributed by atoms with Crippen molar-refractivity contribution in [2.24, 2.45) is 5.84 Å². The minimum atomic E-state index is -0.301. The quantitative estimate of drug-likeness (QED) is 0.521. The van der Waals surface area contributed by atoms with E-state index in [0.29, 0.717) is 17.2 Å². The minimum Gasteiger partial charge on any atom is -0.308 e. The zero-order valence-corrected chi connectivity index (χ0v) is 8.79. The molecule has 0 aliphatic carbocycles. The third kappa shape index (κ3) is 2.73. The first-order chi connectivity index (χ1) is 8.29. The van der Waals surface area contributed by atoms with Gasteiger partial charge in [-0.15, -0.1) is 0 Å². The number of nitrogens with two attached hydrogens (primary N) is 1. The molecule has 0 bridgehead atoms. The van der Waals surface area contributed by atoms with Crippen molar-refractivity contribution in [2.45, 2.75) is 0 Å². The van der Waals surface area contributed by atoms with E-state index in [4.69, 9.17) is 5.84 Å². The predicted octanol–water partition coefficient (Wildman–Crippen LogP) is 0.410. The summed E-state index contributed by atoms with van der Waals surface area (Å²) in [5.74, 6) is 5.70. The van der Waals surface area contributed by atoms with E-state index in [1.807, 2.05) is 0 Å². The van der Waals surface area contributed by atoms with Gasteiger partial charge in [0.2, 0.25) is 0 Å². The molecule has 2 aromatic rings. The van der Waals surface area contributed by atoms with Crippen LogP contribution in [0.1, 0.15) is 10.4 Å². The Balaban J connectivity index is 2.14. The Bertz CT molecular complexity index is 515. The molecule has 4 N–H and O–H groups in total. The second-order valence-corrected chi connectivity index (χ2v) is 3.12. The molecule has 0 atom stereocenters. The van der Waals surface area contributed by atoms with E-state index < -0.39 is 0 Å². The number of hydrogen-bond donors (Lipinski definition) is 3. The number of pyridine rings is 1. The SMILES string of the molecule is NNc1cc(C(=O)Nc2cnccn2)ccn1. The fourth-order valence-electron chi connectivity index (χ4n) is 1.20. The monoisotopic (exact) mass is 230 g/mol. The Morgan fingerprint density at radius 1 is 1.18 bits per heavy atom. The van der Waals surface area contributed by atoms with Crippen LogP contribution in [0.2, 0.25) is 0 Å². The first-order valence-corrected chi connectivity index (χ1v) is 4.79. The number of nitrogen functional groups attached to an aromatic ring is 1. The van der Waals surface area contributed by atoms with Gasteiger partial charge in [-0.2, -0.15) is 0 Å². The van der Waals surface area contributed by atoms with Gasteiger partial charge < -0.3 is 10.7 Å². The normalized spacial score (nSPS) is 9.71. The zero-order chi connectivity index (χ0) is 12.1. The van der Waals surface area contributed by atoms with E-state index in [1.54, 1.807) is 6.07 Å². The van der Waals surface area contributed by atoms with Crippen molar-refractivity contribution in [3.05, 3.63) is 42.5 Å². The second-order valence-electron chi connectivity index (χ2n) is 3.12. The van der Waals surface area contributed by atoms with Crippen LogP contribution in [0.15, 0.2) is 36.9 Å². The molecule has 7 heteroatoms. The number of hydrogen-bond acceptors (Lipinski definition) is 6. The molecule has 0 fully saturated rings. The van der Waals surface area contributed by atoms with Crippen LogP contribution in [-0.4, -0.2) is 20.9 Å². The average Bonchev–Trinajstić information content (AvgIpc) is 2.40. The summed E-state index contributed by atoms with van der Waals surface area (Å²) in [5.41, 5.74) is 2.80. The number of carbonyl (C=O) groups is 1. The molecule has 1 amide bonds. The van der Waals surface area contributed by atoms with Gasteiger partial charge in [-0.3, -0.25) is 9.78 Å². The third-order valence-electron chi connectivity index (χ3n) is 1.97. The second kappa shape index (κ2) is 4.99. The Morgan fingerprint density at radius 2 is 2.00 bits per heavy atom. The number of anilines is 2. The molecule has 0 saturated carbocycles. The summed E-state index contributed by atoms with van der Waals surface area (Å²) in [7, 11) is 0. The van der Waals surface area contributed by atoms with Crippen molar-refractivity contribution in [1.82, 2.24) is 15.0 Å². The summed E-state index contributed by atoms with van der Waals surface area (Å²) in [6, 6.07) is 3.11. The maximum absolute atomic E-state index is 11.8. The molecule has 0 spiro atoms. The van der Waals surface area contributed by atoms with Crippen LogP contribution in [0.3, 0.4) is 0 Å². The van der Waals surface area contributed by atoms with Gasteiger partial charge in [0.1, 0.15) is 5.82 Å².